The topological polar surface area (TPSA) is 125 Å². The maximum Gasteiger partial charge on any atom is 0.408 e. The summed E-state index contributed by atoms with van der Waals surface area (Å²) in [7, 11) is 0. The Morgan fingerprint density at radius 1 is 1.05 bits per heavy atom. The minimum atomic E-state index is -1.18. The highest BCUT2D eigenvalue weighted by Crippen LogP contribution is 2.31. The average Bonchev–Trinajstić information content (AvgIpc) is 3.29. The van der Waals surface area contributed by atoms with Crippen LogP contribution in [0.3, 0.4) is 0 Å². The van der Waals surface area contributed by atoms with E-state index in [9.17, 15) is 24.3 Å². The number of hydrogen-bond acceptors (Lipinski definition) is 5. The zero-order valence-corrected chi connectivity index (χ0v) is 24.9. The Morgan fingerprint density at radius 3 is 2.29 bits per heavy atom. The van der Waals surface area contributed by atoms with Crippen LogP contribution in [0.2, 0.25) is 0 Å². The monoisotopic (exact) mass is 565 g/mol. The average molecular weight is 566 g/mol. The number of carbonyl (C=O) groups is 4. The van der Waals surface area contributed by atoms with Crippen molar-refractivity contribution in [2.45, 2.75) is 84.5 Å². The molecule has 9 nitrogen and oxygen atoms in total. The normalized spacial score (nSPS) is 18.8. The molecule has 1 aliphatic heterocycles. The van der Waals surface area contributed by atoms with Crippen LogP contribution >= 0.6 is 0 Å². The standard InChI is InChI=1S/C32H43N3O6/c1-8-11-21-18-25(35(19-21)28(37)26(31(2,3)4)34-30(40)41-32(5,6)7)27(36)33-24(29(38)39)17-20-14-15-22-12-9-10-13-23(22)16-20/h8-10,12-16,21,24-26H,1,11,17-19H2,2-7H3,(H,33,36)(H,34,40)(H,38,39)/t21-,24?,25-,26?/m0/s1. The molecule has 1 saturated heterocycles. The fourth-order valence-corrected chi connectivity index (χ4v) is 5.13. The number of aliphatic carboxylic acids is 1. The molecule has 3 N–H and O–H groups in total. The van der Waals surface area contributed by atoms with Gasteiger partial charge in [0.15, 0.2) is 0 Å². The number of carbonyl (C=O) groups excluding carboxylic acids is 3. The van der Waals surface area contributed by atoms with Crippen molar-refractivity contribution in [1.82, 2.24) is 15.5 Å². The lowest BCUT2D eigenvalue weighted by atomic mass is 9.85. The molecule has 9 heteroatoms. The number of fused-ring (bicyclic) bond motifs is 1. The van der Waals surface area contributed by atoms with Gasteiger partial charge in [-0.3, -0.25) is 9.59 Å². The molecule has 0 aromatic heterocycles. The molecule has 41 heavy (non-hydrogen) atoms. The van der Waals surface area contributed by atoms with Crippen molar-refractivity contribution >= 4 is 34.6 Å². The van der Waals surface area contributed by atoms with Crippen molar-refractivity contribution in [3.8, 4) is 0 Å². The van der Waals surface area contributed by atoms with Crippen LogP contribution in [0.5, 0.6) is 0 Å². The van der Waals surface area contributed by atoms with E-state index in [1.165, 1.54) is 4.90 Å². The van der Waals surface area contributed by atoms with E-state index in [1.807, 2.05) is 63.2 Å². The van der Waals surface area contributed by atoms with E-state index in [1.54, 1.807) is 26.8 Å². The van der Waals surface area contributed by atoms with Gasteiger partial charge in [-0.25, -0.2) is 9.59 Å². The summed E-state index contributed by atoms with van der Waals surface area (Å²) in [6.07, 6.45) is 2.05. The molecular weight excluding hydrogens is 522 g/mol. The van der Waals surface area contributed by atoms with Gasteiger partial charge >= 0.3 is 12.1 Å². The Bertz CT molecular complexity index is 1290. The summed E-state index contributed by atoms with van der Waals surface area (Å²) in [6, 6.07) is 10.4. The van der Waals surface area contributed by atoms with Gasteiger partial charge in [0.1, 0.15) is 23.7 Å². The second kappa shape index (κ2) is 12.7. The second-order valence-electron chi connectivity index (χ2n) is 12.9. The molecule has 3 rings (SSSR count). The smallest absolute Gasteiger partial charge is 0.408 e. The molecule has 2 aromatic rings. The van der Waals surface area contributed by atoms with Crippen LogP contribution < -0.4 is 10.6 Å². The molecule has 0 aliphatic carbocycles. The quantitative estimate of drug-likeness (QED) is 0.379. The Hall–Kier alpha value is -3.88. The van der Waals surface area contributed by atoms with Gasteiger partial charge in [-0.05, 0) is 61.3 Å². The van der Waals surface area contributed by atoms with Gasteiger partial charge in [0, 0.05) is 13.0 Å². The van der Waals surface area contributed by atoms with E-state index in [4.69, 9.17) is 4.74 Å². The van der Waals surface area contributed by atoms with Gasteiger partial charge in [-0.15, -0.1) is 6.58 Å². The summed E-state index contributed by atoms with van der Waals surface area (Å²) in [5, 5.41) is 17.4. The van der Waals surface area contributed by atoms with Crippen molar-refractivity contribution < 1.29 is 29.0 Å². The lowest BCUT2D eigenvalue weighted by Crippen LogP contribution is -2.59. The maximum atomic E-state index is 13.9. The summed E-state index contributed by atoms with van der Waals surface area (Å²) in [5.74, 6) is -2.15. The van der Waals surface area contributed by atoms with Gasteiger partial charge in [0.2, 0.25) is 11.8 Å². The van der Waals surface area contributed by atoms with Gasteiger partial charge < -0.3 is 25.4 Å². The number of benzene rings is 2. The minimum Gasteiger partial charge on any atom is -0.480 e. The highest BCUT2D eigenvalue weighted by Gasteiger charge is 2.45. The first kappa shape index (κ1) is 31.6. The molecule has 0 saturated carbocycles. The summed E-state index contributed by atoms with van der Waals surface area (Å²) in [5.41, 5.74) is -0.669. The predicted octanol–water partition coefficient (Wildman–Crippen LogP) is 4.68. The van der Waals surface area contributed by atoms with Gasteiger partial charge in [-0.1, -0.05) is 69.3 Å². The number of alkyl carbamates (subject to hydrolysis) is 1. The van der Waals surface area contributed by atoms with Crippen molar-refractivity contribution in [2.75, 3.05) is 6.54 Å². The van der Waals surface area contributed by atoms with Gasteiger partial charge in [0.05, 0.1) is 0 Å². The van der Waals surface area contributed by atoms with Crippen molar-refractivity contribution in [3.63, 3.8) is 0 Å². The molecule has 0 spiro atoms. The van der Waals surface area contributed by atoms with Crippen LogP contribution in [0.15, 0.2) is 55.1 Å². The van der Waals surface area contributed by atoms with Crippen LogP contribution in [0.25, 0.3) is 10.8 Å². The van der Waals surface area contributed by atoms with Crippen molar-refractivity contribution in [1.29, 1.82) is 0 Å². The Labute approximate surface area is 242 Å². The molecule has 2 aromatic carbocycles. The largest absolute Gasteiger partial charge is 0.480 e. The molecule has 1 heterocycles. The summed E-state index contributed by atoms with van der Waals surface area (Å²) >= 11 is 0. The first-order valence-corrected chi connectivity index (χ1v) is 14.0. The minimum absolute atomic E-state index is 0.0295. The molecule has 0 radical (unpaired) electrons. The van der Waals surface area contributed by atoms with Gasteiger partial charge in [-0.2, -0.15) is 0 Å². The number of amides is 3. The third-order valence-electron chi connectivity index (χ3n) is 7.12. The Balaban J connectivity index is 1.82. The second-order valence-corrected chi connectivity index (χ2v) is 12.9. The lowest BCUT2D eigenvalue weighted by Gasteiger charge is -2.36. The molecular formula is C32H43N3O6. The number of ether oxygens (including phenoxy) is 1. The third kappa shape index (κ3) is 8.55. The SMILES string of the molecule is C=CC[C@H]1C[C@@H](C(=O)NC(Cc2ccc3ccccc3c2)C(=O)O)N(C(=O)C(NC(=O)OC(C)(C)C)C(C)(C)C)C1. The molecule has 3 amide bonds. The fourth-order valence-electron chi connectivity index (χ4n) is 5.13. The number of rotatable bonds is 9. The third-order valence-corrected chi connectivity index (χ3v) is 7.12. The van der Waals surface area contributed by atoms with Crippen LogP contribution in [0.1, 0.15) is 59.9 Å². The summed E-state index contributed by atoms with van der Waals surface area (Å²) in [6.45, 7) is 14.8. The highest BCUT2D eigenvalue weighted by atomic mass is 16.6. The molecule has 222 valence electrons. The van der Waals surface area contributed by atoms with Crippen LogP contribution in [0.4, 0.5) is 4.79 Å². The van der Waals surface area contributed by atoms with E-state index in [0.717, 1.165) is 16.3 Å². The van der Waals surface area contributed by atoms with Crippen LogP contribution in [0, 0.1) is 11.3 Å². The van der Waals surface area contributed by atoms with Crippen LogP contribution in [-0.4, -0.2) is 64.2 Å². The van der Waals surface area contributed by atoms with E-state index in [2.05, 4.69) is 17.2 Å². The Morgan fingerprint density at radius 2 is 1.71 bits per heavy atom. The Kier molecular flexibility index (Phi) is 9.84. The number of carboxylic acids is 1. The first-order valence-electron chi connectivity index (χ1n) is 14.0. The lowest BCUT2D eigenvalue weighted by molar-refractivity contribution is -0.145. The number of nitrogens with one attached hydrogen (secondary N) is 2. The first-order chi connectivity index (χ1) is 19.1. The van der Waals surface area contributed by atoms with E-state index >= 15 is 0 Å². The van der Waals surface area contributed by atoms with E-state index in [-0.39, 0.29) is 18.9 Å². The molecule has 0 bridgehead atoms. The van der Waals surface area contributed by atoms with E-state index < -0.39 is 53.0 Å². The maximum absolute atomic E-state index is 13.9. The fraction of sp³-hybridized carbons (Fsp3) is 0.500. The van der Waals surface area contributed by atoms with Gasteiger partial charge in [0.25, 0.3) is 0 Å². The zero-order valence-electron chi connectivity index (χ0n) is 24.9. The number of carboxylic acid groups (broad SMARTS) is 1. The molecule has 2 unspecified atom stereocenters. The predicted molar refractivity (Wildman–Crippen MR) is 158 cm³/mol. The summed E-state index contributed by atoms with van der Waals surface area (Å²) < 4.78 is 5.39. The van der Waals surface area contributed by atoms with Crippen molar-refractivity contribution in [3.05, 3.63) is 60.7 Å². The van der Waals surface area contributed by atoms with E-state index in [0.29, 0.717) is 12.8 Å². The molecule has 4 atom stereocenters. The molecule has 1 aliphatic rings. The zero-order chi connectivity index (χ0) is 30.5. The number of nitrogens with zero attached hydrogens (tertiary/aromatic N) is 1. The summed E-state index contributed by atoms with van der Waals surface area (Å²) in [4.78, 5) is 53.8. The number of allylic oxidation sites excluding steroid dienone is 1. The number of hydrogen-bond donors (Lipinski definition) is 3. The molecule has 1 fully saturated rings. The van der Waals surface area contributed by atoms with Crippen LogP contribution in [-0.2, 0) is 25.5 Å². The number of likely N-dealkylation sites (tertiary alicyclic amines) is 1. The highest BCUT2D eigenvalue weighted by molar-refractivity contribution is 5.94. The van der Waals surface area contributed by atoms with Crippen molar-refractivity contribution in [2.24, 2.45) is 11.3 Å².